The van der Waals surface area contributed by atoms with Crippen molar-refractivity contribution in [1.29, 1.82) is 0 Å². The van der Waals surface area contributed by atoms with E-state index in [-0.39, 0.29) is 11.8 Å². The SMILES string of the molecule is Cc1ccc(-c2nsc3ccc(-n4c(O)c5c(c4O)CCCC5)cc23)s1. The first-order valence-electron chi connectivity index (χ1n) is 8.74. The van der Waals surface area contributed by atoms with Crippen LogP contribution in [0.15, 0.2) is 30.3 Å². The second-order valence-corrected chi connectivity index (χ2v) is 8.86. The van der Waals surface area contributed by atoms with Crippen LogP contribution in [-0.4, -0.2) is 19.2 Å². The number of rotatable bonds is 2. The zero-order valence-corrected chi connectivity index (χ0v) is 16.0. The van der Waals surface area contributed by atoms with Crippen molar-refractivity contribution >= 4 is 33.0 Å². The highest BCUT2D eigenvalue weighted by molar-refractivity contribution is 7.17. The topological polar surface area (TPSA) is 58.3 Å². The highest BCUT2D eigenvalue weighted by Crippen LogP contribution is 2.42. The Kier molecular flexibility index (Phi) is 3.58. The van der Waals surface area contributed by atoms with Crippen LogP contribution >= 0.6 is 22.9 Å². The fourth-order valence-corrected chi connectivity index (χ4v) is 5.52. The van der Waals surface area contributed by atoms with Crippen LogP contribution in [0.2, 0.25) is 0 Å². The molecule has 4 aromatic rings. The summed E-state index contributed by atoms with van der Waals surface area (Å²) in [5, 5.41) is 22.5. The van der Waals surface area contributed by atoms with E-state index in [0.29, 0.717) is 0 Å². The van der Waals surface area contributed by atoms with Crippen LogP contribution in [0, 0.1) is 6.92 Å². The van der Waals surface area contributed by atoms with E-state index in [1.165, 1.54) is 16.4 Å². The summed E-state index contributed by atoms with van der Waals surface area (Å²) in [7, 11) is 0. The Balaban J connectivity index is 1.70. The Morgan fingerprint density at radius 1 is 1.00 bits per heavy atom. The van der Waals surface area contributed by atoms with E-state index in [1.807, 2.05) is 18.2 Å². The molecule has 1 aromatic carbocycles. The molecular weight excluding hydrogens is 364 g/mol. The molecule has 2 N–H and O–H groups in total. The highest BCUT2D eigenvalue weighted by Gasteiger charge is 2.25. The molecule has 5 rings (SSSR count). The summed E-state index contributed by atoms with van der Waals surface area (Å²) in [5.41, 5.74) is 3.54. The van der Waals surface area contributed by atoms with E-state index >= 15 is 0 Å². The van der Waals surface area contributed by atoms with Gasteiger partial charge in [0.25, 0.3) is 0 Å². The molecule has 0 radical (unpaired) electrons. The lowest BCUT2D eigenvalue weighted by Crippen LogP contribution is -1.98. The smallest absolute Gasteiger partial charge is 0.202 e. The molecule has 0 unspecified atom stereocenters. The van der Waals surface area contributed by atoms with Gasteiger partial charge in [-0.1, -0.05) is 0 Å². The molecule has 0 bridgehead atoms. The van der Waals surface area contributed by atoms with Gasteiger partial charge in [0.2, 0.25) is 11.8 Å². The minimum absolute atomic E-state index is 0.174. The van der Waals surface area contributed by atoms with Crippen molar-refractivity contribution in [3.8, 4) is 28.0 Å². The number of hydrogen-bond acceptors (Lipinski definition) is 5. The summed E-state index contributed by atoms with van der Waals surface area (Å²) in [6.45, 7) is 2.09. The highest BCUT2D eigenvalue weighted by atomic mass is 32.1. The van der Waals surface area contributed by atoms with E-state index in [9.17, 15) is 10.2 Å². The van der Waals surface area contributed by atoms with Gasteiger partial charge in [-0.15, -0.1) is 11.3 Å². The van der Waals surface area contributed by atoms with E-state index in [2.05, 4.69) is 23.4 Å². The van der Waals surface area contributed by atoms with Gasteiger partial charge < -0.3 is 10.2 Å². The second kappa shape index (κ2) is 5.86. The molecule has 26 heavy (non-hydrogen) atoms. The van der Waals surface area contributed by atoms with E-state index in [1.54, 1.807) is 15.9 Å². The number of aromatic nitrogens is 2. The van der Waals surface area contributed by atoms with E-state index in [4.69, 9.17) is 0 Å². The maximum Gasteiger partial charge on any atom is 0.202 e. The average molecular weight is 383 g/mol. The lowest BCUT2D eigenvalue weighted by molar-refractivity contribution is 0.399. The zero-order valence-electron chi connectivity index (χ0n) is 14.3. The second-order valence-electron chi connectivity index (χ2n) is 6.77. The Morgan fingerprint density at radius 3 is 2.38 bits per heavy atom. The van der Waals surface area contributed by atoms with Gasteiger partial charge in [0, 0.05) is 21.4 Å². The van der Waals surface area contributed by atoms with Crippen molar-refractivity contribution in [1.82, 2.24) is 8.94 Å². The predicted molar refractivity (Wildman–Crippen MR) is 107 cm³/mol. The van der Waals surface area contributed by atoms with Crippen LogP contribution in [0.5, 0.6) is 11.8 Å². The molecule has 0 saturated heterocycles. The summed E-state index contributed by atoms with van der Waals surface area (Å²) >= 11 is 3.21. The standard InChI is InChI=1S/C20H18N2O2S2/c1-11-6-8-17(25-11)18-15-10-12(7-9-16(15)26-21-18)22-19(23)13-4-2-3-5-14(13)20(22)24/h6-10,23-24H,2-5H2,1H3. The van der Waals surface area contributed by atoms with Crippen molar-refractivity contribution in [2.45, 2.75) is 32.6 Å². The fraction of sp³-hybridized carbons (Fsp3) is 0.250. The summed E-state index contributed by atoms with van der Waals surface area (Å²) in [6.07, 6.45) is 3.76. The minimum atomic E-state index is 0.174. The fourth-order valence-electron chi connectivity index (χ4n) is 3.82. The molecule has 1 aliphatic rings. The van der Waals surface area contributed by atoms with Crippen LogP contribution < -0.4 is 0 Å². The van der Waals surface area contributed by atoms with Crippen LogP contribution in [0.4, 0.5) is 0 Å². The third-order valence-corrected chi connectivity index (χ3v) is 6.95. The molecule has 1 aliphatic carbocycles. The number of hydrogen-bond donors (Lipinski definition) is 2. The number of aromatic hydroxyl groups is 2. The lowest BCUT2D eigenvalue weighted by atomic mass is 9.95. The first-order chi connectivity index (χ1) is 12.6. The molecule has 0 fully saturated rings. The molecule has 3 aromatic heterocycles. The molecule has 0 spiro atoms. The summed E-state index contributed by atoms with van der Waals surface area (Å²) in [4.78, 5) is 2.40. The van der Waals surface area contributed by atoms with Crippen molar-refractivity contribution in [2.75, 3.05) is 0 Å². The molecule has 0 atom stereocenters. The number of benzene rings is 1. The van der Waals surface area contributed by atoms with Crippen LogP contribution in [0.25, 0.3) is 26.3 Å². The maximum absolute atomic E-state index is 10.7. The van der Waals surface area contributed by atoms with Crippen molar-refractivity contribution in [3.05, 3.63) is 46.3 Å². The Bertz CT molecular complexity index is 1110. The zero-order chi connectivity index (χ0) is 17.8. The van der Waals surface area contributed by atoms with Gasteiger partial charge in [-0.25, -0.2) is 0 Å². The van der Waals surface area contributed by atoms with E-state index < -0.39 is 0 Å². The Labute approximate surface area is 159 Å². The van der Waals surface area contributed by atoms with Crippen molar-refractivity contribution < 1.29 is 10.2 Å². The van der Waals surface area contributed by atoms with Gasteiger partial charge in [0.15, 0.2) is 0 Å². The monoisotopic (exact) mass is 382 g/mol. The molecule has 3 heterocycles. The predicted octanol–water partition coefficient (Wildman–Crippen LogP) is 5.41. The van der Waals surface area contributed by atoms with Crippen molar-refractivity contribution in [3.63, 3.8) is 0 Å². The Morgan fingerprint density at radius 2 is 1.73 bits per heavy atom. The van der Waals surface area contributed by atoms with Gasteiger partial charge in [0.1, 0.15) is 5.69 Å². The quantitative estimate of drug-likeness (QED) is 0.487. The average Bonchev–Trinajstić information content (AvgIpc) is 3.32. The minimum Gasteiger partial charge on any atom is -0.494 e. The lowest BCUT2D eigenvalue weighted by Gasteiger charge is -2.09. The third kappa shape index (κ3) is 2.29. The van der Waals surface area contributed by atoms with Crippen LogP contribution in [-0.2, 0) is 12.8 Å². The van der Waals surface area contributed by atoms with E-state index in [0.717, 1.165) is 63.2 Å². The molecule has 0 amide bonds. The molecule has 6 heteroatoms. The first kappa shape index (κ1) is 15.9. The molecule has 132 valence electrons. The number of aryl methyl sites for hydroxylation is 1. The largest absolute Gasteiger partial charge is 0.494 e. The number of thiophene rings is 1. The molecule has 0 aliphatic heterocycles. The van der Waals surface area contributed by atoms with Crippen LogP contribution in [0.1, 0.15) is 28.8 Å². The van der Waals surface area contributed by atoms with Gasteiger partial charge in [-0.05, 0) is 74.5 Å². The number of nitrogens with zero attached hydrogens (tertiary/aromatic N) is 2. The summed E-state index contributed by atoms with van der Waals surface area (Å²) < 4.78 is 7.32. The van der Waals surface area contributed by atoms with Gasteiger partial charge in [-0.2, -0.15) is 4.37 Å². The molecule has 0 saturated carbocycles. The molecule has 4 nitrogen and oxygen atoms in total. The third-order valence-electron chi connectivity index (χ3n) is 5.12. The van der Waals surface area contributed by atoms with Crippen molar-refractivity contribution in [2.24, 2.45) is 0 Å². The van der Waals surface area contributed by atoms with Gasteiger partial charge in [0.05, 0.1) is 15.3 Å². The van der Waals surface area contributed by atoms with Gasteiger partial charge >= 0.3 is 0 Å². The Hall–Kier alpha value is -2.31. The normalized spacial score (nSPS) is 14.0. The molecular formula is C20H18N2O2S2. The number of fused-ring (bicyclic) bond motifs is 2. The van der Waals surface area contributed by atoms with Crippen LogP contribution in [0.3, 0.4) is 0 Å². The first-order valence-corrected chi connectivity index (χ1v) is 10.3. The summed E-state index contributed by atoms with van der Waals surface area (Å²) in [6, 6.07) is 10.2. The maximum atomic E-state index is 10.7. The summed E-state index contributed by atoms with van der Waals surface area (Å²) in [5.74, 6) is 0.349. The van der Waals surface area contributed by atoms with Gasteiger partial charge in [-0.3, -0.25) is 4.57 Å².